The maximum absolute atomic E-state index is 13.8. The zero-order valence-corrected chi connectivity index (χ0v) is 16.5. The highest BCUT2D eigenvalue weighted by Gasteiger charge is 2.20. The molecule has 0 saturated carbocycles. The van der Waals surface area contributed by atoms with Gasteiger partial charge in [-0.2, -0.15) is 0 Å². The van der Waals surface area contributed by atoms with Gasteiger partial charge in [0.15, 0.2) is 5.82 Å². The molecule has 154 valence electrons. The summed E-state index contributed by atoms with van der Waals surface area (Å²) in [5.74, 6) is -2.18. The summed E-state index contributed by atoms with van der Waals surface area (Å²) in [4.78, 5) is 22.4. The molecule has 0 aliphatic rings. The normalized spacial score (nSPS) is 10.6. The molecular formula is C20H16FN3O5S. The van der Waals surface area contributed by atoms with Gasteiger partial charge in [0.25, 0.3) is 5.69 Å². The number of anilines is 1. The zero-order chi connectivity index (χ0) is 21.8. The third kappa shape index (κ3) is 4.84. The van der Waals surface area contributed by atoms with Crippen molar-refractivity contribution in [1.82, 2.24) is 0 Å². The molecule has 0 spiro atoms. The molecule has 3 aromatic carbocycles. The average Bonchev–Trinajstić information content (AvgIpc) is 2.70. The number of benzene rings is 3. The van der Waals surface area contributed by atoms with Gasteiger partial charge in [-0.1, -0.05) is 29.5 Å². The minimum absolute atomic E-state index is 0.0528. The van der Waals surface area contributed by atoms with Crippen molar-refractivity contribution in [2.45, 2.75) is 23.3 Å². The van der Waals surface area contributed by atoms with E-state index in [1.807, 2.05) is 31.2 Å². The van der Waals surface area contributed by atoms with Crippen LogP contribution in [0.25, 0.3) is 0 Å². The molecule has 0 fully saturated rings. The molecule has 0 bridgehead atoms. The number of nitro groups is 2. The van der Waals surface area contributed by atoms with Crippen LogP contribution in [0.2, 0.25) is 0 Å². The largest absolute Gasteiger partial charge is 0.500 e. The molecule has 0 aromatic heterocycles. The van der Waals surface area contributed by atoms with E-state index in [2.05, 4.69) is 5.32 Å². The number of phenols is 1. The van der Waals surface area contributed by atoms with Gasteiger partial charge in [0.05, 0.1) is 9.85 Å². The summed E-state index contributed by atoms with van der Waals surface area (Å²) < 4.78 is 13.8. The lowest BCUT2D eigenvalue weighted by molar-refractivity contribution is -0.386. The number of nitrogens with zero attached hydrogens (tertiary/aromatic N) is 2. The number of nitro benzene ring substituents is 2. The molecule has 30 heavy (non-hydrogen) atoms. The standard InChI is InChI=1S/C20H16FN3O5S/c1-12-2-5-16(6-3-12)30-19-7-4-15(23(26)27)8-13(19)11-22-14-9-17(21)20(25)18(10-14)24(28)29/h2-10,22,25H,11H2,1H3. The number of hydrogen-bond donors (Lipinski definition) is 2. The van der Waals surface area contributed by atoms with Gasteiger partial charge in [0, 0.05) is 46.3 Å². The zero-order valence-electron chi connectivity index (χ0n) is 15.7. The highest BCUT2D eigenvalue weighted by Crippen LogP contribution is 2.35. The van der Waals surface area contributed by atoms with Crippen LogP contribution in [0.3, 0.4) is 0 Å². The molecule has 0 heterocycles. The first kappa shape index (κ1) is 21.1. The number of rotatable bonds is 7. The summed E-state index contributed by atoms with van der Waals surface area (Å²) >= 11 is 1.41. The molecule has 0 aliphatic carbocycles. The maximum Gasteiger partial charge on any atom is 0.315 e. The van der Waals surface area contributed by atoms with Crippen molar-refractivity contribution in [3.8, 4) is 5.75 Å². The van der Waals surface area contributed by atoms with Crippen LogP contribution in [0.4, 0.5) is 21.5 Å². The summed E-state index contributed by atoms with van der Waals surface area (Å²) in [6.07, 6.45) is 0. The van der Waals surface area contributed by atoms with Crippen LogP contribution in [-0.2, 0) is 6.54 Å². The van der Waals surface area contributed by atoms with Crippen molar-refractivity contribution >= 4 is 28.8 Å². The molecule has 0 atom stereocenters. The average molecular weight is 429 g/mol. The molecule has 2 N–H and O–H groups in total. The first-order valence-electron chi connectivity index (χ1n) is 8.67. The molecular weight excluding hydrogens is 413 g/mol. The van der Waals surface area contributed by atoms with Gasteiger partial charge in [-0.15, -0.1) is 0 Å². The van der Waals surface area contributed by atoms with E-state index in [9.17, 15) is 29.7 Å². The second-order valence-corrected chi connectivity index (χ2v) is 7.52. The van der Waals surface area contributed by atoms with Crippen molar-refractivity contribution in [2.24, 2.45) is 0 Å². The van der Waals surface area contributed by atoms with E-state index >= 15 is 0 Å². The van der Waals surface area contributed by atoms with Crippen LogP contribution in [-0.4, -0.2) is 15.0 Å². The van der Waals surface area contributed by atoms with E-state index in [4.69, 9.17) is 0 Å². The lowest BCUT2D eigenvalue weighted by atomic mass is 10.2. The van der Waals surface area contributed by atoms with E-state index in [-0.39, 0.29) is 17.9 Å². The predicted octanol–water partition coefficient (Wildman–Crippen LogP) is 5.42. The Labute approximate surface area is 174 Å². The number of hydrogen-bond acceptors (Lipinski definition) is 7. The Morgan fingerprint density at radius 3 is 2.37 bits per heavy atom. The minimum atomic E-state index is -1.14. The van der Waals surface area contributed by atoms with Gasteiger partial charge in [0.1, 0.15) is 0 Å². The minimum Gasteiger partial charge on any atom is -0.500 e. The highest BCUT2D eigenvalue weighted by molar-refractivity contribution is 7.99. The lowest BCUT2D eigenvalue weighted by Gasteiger charge is -2.12. The van der Waals surface area contributed by atoms with E-state index in [1.165, 1.54) is 23.9 Å². The molecule has 0 radical (unpaired) electrons. The Morgan fingerprint density at radius 1 is 1.03 bits per heavy atom. The van der Waals surface area contributed by atoms with Crippen LogP contribution in [0, 0.1) is 33.0 Å². The van der Waals surface area contributed by atoms with Crippen LogP contribution >= 0.6 is 11.8 Å². The predicted molar refractivity (Wildman–Crippen MR) is 110 cm³/mol. The van der Waals surface area contributed by atoms with E-state index in [1.54, 1.807) is 6.07 Å². The Bertz CT molecular complexity index is 1120. The van der Waals surface area contributed by atoms with Crippen LogP contribution in [0.5, 0.6) is 5.75 Å². The van der Waals surface area contributed by atoms with E-state index < -0.39 is 27.1 Å². The topological polar surface area (TPSA) is 119 Å². The molecule has 0 amide bonds. The fourth-order valence-electron chi connectivity index (χ4n) is 2.67. The number of nitrogens with one attached hydrogen (secondary N) is 1. The number of aromatic hydroxyl groups is 1. The van der Waals surface area contributed by atoms with Crippen molar-refractivity contribution in [3.63, 3.8) is 0 Å². The van der Waals surface area contributed by atoms with Gasteiger partial charge in [-0.25, -0.2) is 4.39 Å². The Morgan fingerprint density at radius 2 is 1.73 bits per heavy atom. The van der Waals surface area contributed by atoms with Gasteiger partial charge in [-0.05, 0) is 30.7 Å². The third-order valence-electron chi connectivity index (χ3n) is 4.23. The number of non-ortho nitro benzene ring substituents is 1. The molecule has 8 nitrogen and oxygen atoms in total. The summed E-state index contributed by atoms with van der Waals surface area (Å²) in [5, 5.41) is 34.5. The second kappa shape index (κ2) is 8.78. The summed E-state index contributed by atoms with van der Waals surface area (Å²) in [5.41, 5.74) is 0.843. The first-order chi connectivity index (χ1) is 14.2. The van der Waals surface area contributed by atoms with E-state index in [0.29, 0.717) is 5.56 Å². The van der Waals surface area contributed by atoms with E-state index in [0.717, 1.165) is 27.5 Å². The fraction of sp³-hybridized carbons (Fsp3) is 0.100. The Kier molecular flexibility index (Phi) is 6.17. The number of phenolic OH excluding ortho intramolecular Hbond substituents is 1. The number of halogens is 1. The maximum atomic E-state index is 13.8. The van der Waals surface area contributed by atoms with Gasteiger partial charge >= 0.3 is 5.69 Å². The van der Waals surface area contributed by atoms with Crippen molar-refractivity contribution < 1.29 is 19.3 Å². The van der Waals surface area contributed by atoms with Crippen molar-refractivity contribution in [1.29, 1.82) is 0 Å². The Hall–Kier alpha value is -3.66. The SMILES string of the molecule is Cc1ccc(Sc2ccc([N+](=O)[O-])cc2CNc2cc(F)c(O)c([N+](=O)[O-])c2)cc1. The smallest absolute Gasteiger partial charge is 0.315 e. The first-order valence-corrected chi connectivity index (χ1v) is 9.49. The molecule has 0 unspecified atom stereocenters. The van der Waals surface area contributed by atoms with Crippen LogP contribution in [0.15, 0.2) is 64.4 Å². The Balaban J connectivity index is 1.90. The molecule has 3 rings (SSSR count). The third-order valence-corrected chi connectivity index (χ3v) is 5.35. The summed E-state index contributed by atoms with van der Waals surface area (Å²) in [6, 6.07) is 14.1. The summed E-state index contributed by atoms with van der Waals surface area (Å²) in [6.45, 7) is 2.02. The molecule has 0 aliphatic heterocycles. The lowest BCUT2D eigenvalue weighted by Crippen LogP contribution is -2.03. The van der Waals surface area contributed by atoms with Crippen LogP contribution < -0.4 is 5.32 Å². The van der Waals surface area contributed by atoms with Crippen molar-refractivity contribution in [3.05, 3.63) is 91.8 Å². The van der Waals surface area contributed by atoms with Crippen molar-refractivity contribution in [2.75, 3.05) is 5.32 Å². The highest BCUT2D eigenvalue weighted by atomic mass is 32.2. The molecule has 3 aromatic rings. The van der Waals surface area contributed by atoms with Gasteiger partial charge in [0.2, 0.25) is 5.75 Å². The van der Waals surface area contributed by atoms with Gasteiger partial charge < -0.3 is 10.4 Å². The van der Waals surface area contributed by atoms with Gasteiger partial charge in [-0.3, -0.25) is 20.2 Å². The van der Waals surface area contributed by atoms with Crippen LogP contribution in [0.1, 0.15) is 11.1 Å². The monoisotopic (exact) mass is 429 g/mol. The number of aryl methyl sites for hydroxylation is 1. The second-order valence-electron chi connectivity index (χ2n) is 6.40. The fourth-order valence-corrected chi connectivity index (χ4v) is 3.60. The quantitative estimate of drug-likeness (QED) is 0.292. The summed E-state index contributed by atoms with van der Waals surface area (Å²) in [7, 11) is 0. The molecule has 0 saturated heterocycles. The molecule has 10 heteroatoms.